The van der Waals surface area contributed by atoms with Crippen molar-refractivity contribution in [1.82, 2.24) is 0 Å². The van der Waals surface area contributed by atoms with E-state index in [-0.39, 0.29) is 5.41 Å². The molecule has 0 fully saturated rings. The van der Waals surface area contributed by atoms with Crippen LogP contribution in [-0.2, 0) is 5.41 Å². The van der Waals surface area contributed by atoms with Crippen LogP contribution in [0.2, 0.25) is 19.6 Å². The Labute approximate surface area is 206 Å². The topological polar surface area (TPSA) is 0 Å². The molecule has 3 rings (SSSR count). The van der Waals surface area contributed by atoms with E-state index in [0.29, 0.717) is 0 Å². The third-order valence-corrected chi connectivity index (χ3v) is 10.0. The number of benzene rings is 2. The number of fused-ring (bicyclic) bond motifs is 3. The van der Waals surface area contributed by atoms with Gasteiger partial charge in [-0.1, -0.05) is 158 Å². The molecular weight excluding hydrogens is 412 g/mol. The molecule has 0 unspecified atom stereocenters. The average Bonchev–Trinajstić information content (AvgIpc) is 3.08. The average molecular weight is 463 g/mol. The van der Waals surface area contributed by atoms with Crippen molar-refractivity contribution in [1.29, 1.82) is 0 Å². The van der Waals surface area contributed by atoms with E-state index >= 15 is 0 Å². The predicted octanol–water partition coefficient (Wildman–Crippen LogP) is 10.00. The van der Waals surface area contributed by atoms with Crippen LogP contribution in [0.5, 0.6) is 0 Å². The van der Waals surface area contributed by atoms with E-state index < -0.39 is 8.07 Å². The fraction of sp³-hybridized carbons (Fsp3) is 0.625. The first-order chi connectivity index (χ1) is 16.0. The highest BCUT2D eigenvalue weighted by Crippen LogP contribution is 2.53. The minimum Gasteiger partial charge on any atom is -0.0656 e. The van der Waals surface area contributed by atoms with Gasteiger partial charge in [-0.15, -0.1) is 0 Å². The molecule has 0 amide bonds. The molecule has 182 valence electrons. The minimum absolute atomic E-state index is 0.234. The number of unbranched alkanes of at least 4 members (excludes halogenated alkanes) is 10. The summed E-state index contributed by atoms with van der Waals surface area (Å²) in [6.45, 7) is 12.3. The Morgan fingerprint density at radius 2 is 1.09 bits per heavy atom. The lowest BCUT2D eigenvalue weighted by Crippen LogP contribution is -2.44. The van der Waals surface area contributed by atoms with Crippen LogP contribution in [0.1, 0.15) is 115 Å². The fourth-order valence-electron chi connectivity index (χ4n) is 6.25. The summed E-state index contributed by atoms with van der Waals surface area (Å²) < 4.78 is 0. The normalized spacial score (nSPS) is 14.3. The van der Waals surface area contributed by atoms with E-state index in [4.69, 9.17) is 0 Å². The smallest absolute Gasteiger partial charge is 0.0656 e. The Hall–Kier alpha value is -1.34. The first-order valence-corrected chi connectivity index (χ1v) is 17.7. The van der Waals surface area contributed by atoms with Crippen molar-refractivity contribution in [3.63, 3.8) is 0 Å². The summed E-state index contributed by atoms with van der Waals surface area (Å²) >= 11 is 0. The van der Waals surface area contributed by atoms with Crippen LogP contribution < -0.4 is 5.19 Å². The van der Waals surface area contributed by atoms with Crippen LogP contribution in [0, 0.1) is 0 Å². The van der Waals surface area contributed by atoms with E-state index in [1.807, 2.05) is 0 Å². The maximum absolute atomic E-state index is 2.55. The van der Waals surface area contributed by atoms with E-state index in [0.717, 1.165) is 0 Å². The lowest BCUT2D eigenvalue weighted by atomic mass is 9.70. The number of hydrogen-bond acceptors (Lipinski definition) is 0. The molecule has 1 heteroatoms. The standard InChI is InChI=1S/C32H50Si/c1-6-8-10-12-14-18-25-32(26-19-15-13-11-9-7-2)29-23-17-16-21-27(29)28-22-20-24-30(31(28)32)33(3,4)5/h16-17,20-24H,6-15,18-19,25-26H2,1-5H3. The van der Waals surface area contributed by atoms with Crippen LogP contribution in [0.25, 0.3) is 11.1 Å². The van der Waals surface area contributed by atoms with Gasteiger partial charge < -0.3 is 0 Å². The molecule has 0 aromatic heterocycles. The van der Waals surface area contributed by atoms with Crippen molar-refractivity contribution in [3.8, 4) is 11.1 Å². The van der Waals surface area contributed by atoms with Gasteiger partial charge in [-0.05, 0) is 35.1 Å². The zero-order valence-electron chi connectivity index (χ0n) is 22.4. The molecule has 0 bridgehead atoms. The summed E-state index contributed by atoms with van der Waals surface area (Å²) in [5.41, 5.74) is 6.71. The lowest BCUT2D eigenvalue weighted by Gasteiger charge is -2.36. The van der Waals surface area contributed by atoms with Crippen LogP contribution >= 0.6 is 0 Å². The molecule has 0 saturated carbocycles. The summed E-state index contributed by atoms with van der Waals surface area (Å²) in [7, 11) is -1.45. The molecule has 2 aromatic rings. The molecule has 0 saturated heterocycles. The summed E-state index contributed by atoms with van der Waals surface area (Å²) in [6.07, 6.45) is 19.3. The molecule has 0 spiro atoms. The molecule has 0 nitrogen and oxygen atoms in total. The maximum atomic E-state index is 2.55. The molecule has 1 aliphatic carbocycles. The zero-order chi connectivity index (χ0) is 23.7. The van der Waals surface area contributed by atoms with Crippen molar-refractivity contribution < 1.29 is 0 Å². The second-order valence-corrected chi connectivity index (χ2v) is 16.7. The van der Waals surface area contributed by atoms with Crippen LogP contribution in [0.3, 0.4) is 0 Å². The van der Waals surface area contributed by atoms with Gasteiger partial charge in [0.15, 0.2) is 0 Å². The third kappa shape index (κ3) is 6.21. The molecule has 0 radical (unpaired) electrons. The number of hydrogen-bond donors (Lipinski definition) is 0. The van der Waals surface area contributed by atoms with Gasteiger partial charge in [0.2, 0.25) is 0 Å². The van der Waals surface area contributed by atoms with Crippen molar-refractivity contribution in [2.75, 3.05) is 0 Å². The third-order valence-electron chi connectivity index (χ3n) is 8.00. The quantitative estimate of drug-likeness (QED) is 0.182. The Morgan fingerprint density at radius 3 is 1.67 bits per heavy atom. The van der Waals surface area contributed by atoms with E-state index in [2.05, 4.69) is 76.0 Å². The first kappa shape index (κ1) is 26.3. The molecule has 33 heavy (non-hydrogen) atoms. The van der Waals surface area contributed by atoms with Crippen molar-refractivity contribution in [2.24, 2.45) is 0 Å². The van der Waals surface area contributed by atoms with Gasteiger partial charge in [-0.3, -0.25) is 0 Å². The van der Waals surface area contributed by atoms with Gasteiger partial charge in [-0.2, -0.15) is 0 Å². The van der Waals surface area contributed by atoms with Crippen molar-refractivity contribution in [3.05, 3.63) is 53.6 Å². The molecule has 2 aromatic carbocycles. The Balaban J connectivity index is 1.94. The van der Waals surface area contributed by atoms with E-state index in [9.17, 15) is 0 Å². The monoisotopic (exact) mass is 462 g/mol. The van der Waals surface area contributed by atoms with Gasteiger partial charge in [-0.25, -0.2) is 0 Å². The SMILES string of the molecule is CCCCCCCCC1(CCCCCCCC)c2ccccc2-c2cccc([Si](C)(C)C)c21. The summed E-state index contributed by atoms with van der Waals surface area (Å²) in [5, 5.41) is 1.72. The van der Waals surface area contributed by atoms with Crippen LogP contribution in [0.15, 0.2) is 42.5 Å². The molecule has 1 aliphatic rings. The summed E-state index contributed by atoms with van der Waals surface area (Å²) in [5.74, 6) is 0. The summed E-state index contributed by atoms with van der Waals surface area (Å²) in [6, 6.07) is 16.7. The van der Waals surface area contributed by atoms with Gasteiger partial charge in [0.05, 0.1) is 8.07 Å². The highest BCUT2D eigenvalue weighted by Gasteiger charge is 2.44. The van der Waals surface area contributed by atoms with E-state index in [1.54, 1.807) is 21.9 Å². The van der Waals surface area contributed by atoms with Crippen molar-refractivity contribution >= 4 is 13.3 Å². The van der Waals surface area contributed by atoms with Crippen LogP contribution in [0.4, 0.5) is 0 Å². The maximum Gasteiger partial charge on any atom is 0.0780 e. The Kier molecular flexibility index (Phi) is 9.86. The number of rotatable bonds is 15. The van der Waals surface area contributed by atoms with E-state index in [1.165, 1.54) is 95.5 Å². The van der Waals surface area contributed by atoms with Crippen molar-refractivity contribution in [2.45, 2.75) is 129 Å². The summed E-state index contributed by atoms with van der Waals surface area (Å²) in [4.78, 5) is 0. The lowest BCUT2D eigenvalue weighted by molar-refractivity contribution is 0.399. The van der Waals surface area contributed by atoms with Gasteiger partial charge >= 0.3 is 0 Å². The molecule has 0 aliphatic heterocycles. The fourth-order valence-corrected chi connectivity index (χ4v) is 7.97. The van der Waals surface area contributed by atoms with Gasteiger partial charge in [0, 0.05) is 5.41 Å². The minimum atomic E-state index is -1.45. The largest absolute Gasteiger partial charge is 0.0780 e. The second-order valence-electron chi connectivity index (χ2n) is 11.6. The zero-order valence-corrected chi connectivity index (χ0v) is 23.4. The predicted molar refractivity (Wildman–Crippen MR) is 152 cm³/mol. The highest BCUT2D eigenvalue weighted by atomic mass is 28.3. The second kappa shape index (κ2) is 12.4. The highest BCUT2D eigenvalue weighted by molar-refractivity contribution is 6.89. The van der Waals surface area contributed by atoms with Gasteiger partial charge in [0.1, 0.15) is 0 Å². The molecule has 0 N–H and O–H groups in total. The van der Waals surface area contributed by atoms with Gasteiger partial charge in [0.25, 0.3) is 0 Å². The van der Waals surface area contributed by atoms with Crippen LogP contribution in [-0.4, -0.2) is 8.07 Å². The molecule has 0 heterocycles. The Morgan fingerprint density at radius 1 is 0.576 bits per heavy atom. The molecule has 0 atom stereocenters. The first-order valence-electron chi connectivity index (χ1n) is 14.2. The molecular formula is C32H50Si. The Bertz CT molecular complexity index is 841.